The van der Waals surface area contributed by atoms with E-state index in [1.165, 1.54) is 24.1 Å². The number of nitrogens with one attached hydrogen (secondary N) is 1. The number of anilines is 1. The number of methoxy groups -OCH3 is 1. The first kappa shape index (κ1) is 30.7. The zero-order chi connectivity index (χ0) is 29.4. The molecule has 214 valence electrons. The summed E-state index contributed by atoms with van der Waals surface area (Å²) >= 11 is 0. The number of hydrogen-bond acceptors (Lipinski definition) is 5. The lowest BCUT2D eigenvalue weighted by Gasteiger charge is -2.32. The Balaban J connectivity index is 2.04. The summed E-state index contributed by atoms with van der Waals surface area (Å²) in [6.45, 7) is 9.01. The summed E-state index contributed by atoms with van der Waals surface area (Å²) < 4.78 is 34.1. The van der Waals surface area contributed by atoms with E-state index < -0.39 is 28.5 Å². The summed E-state index contributed by atoms with van der Waals surface area (Å²) in [5.74, 6) is -0.241. The molecule has 0 aromatic heterocycles. The second-order valence-electron chi connectivity index (χ2n) is 9.96. The lowest BCUT2D eigenvalue weighted by Crippen LogP contribution is -2.52. The molecule has 2 amide bonds. The Bertz CT molecular complexity index is 1410. The molecule has 0 bridgehead atoms. The average Bonchev–Trinajstić information content (AvgIpc) is 2.95. The lowest BCUT2D eigenvalue weighted by molar-refractivity contribution is -0.139. The SMILES string of the molecule is CC[C@H](C)NC(=O)[C@@H](C)N(Cc1ccccc1C)C(=O)CN(c1ccc(OC)cc1)S(=O)(=O)c1ccc(C)cc1. The second kappa shape index (κ2) is 13.5. The van der Waals surface area contributed by atoms with Crippen LogP contribution in [-0.2, 0) is 26.2 Å². The highest BCUT2D eigenvalue weighted by atomic mass is 32.2. The first-order valence-electron chi connectivity index (χ1n) is 13.4. The van der Waals surface area contributed by atoms with Crippen LogP contribution >= 0.6 is 0 Å². The van der Waals surface area contributed by atoms with Gasteiger partial charge in [-0.25, -0.2) is 8.42 Å². The number of carbonyl (C=O) groups excluding carboxylic acids is 2. The third-order valence-corrected chi connectivity index (χ3v) is 8.81. The van der Waals surface area contributed by atoms with Crippen molar-refractivity contribution in [2.75, 3.05) is 18.0 Å². The maximum absolute atomic E-state index is 14.0. The van der Waals surface area contributed by atoms with Gasteiger partial charge >= 0.3 is 0 Å². The van der Waals surface area contributed by atoms with Crippen molar-refractivity contribution in [1.82, 2.24) is 10.2 Å². The summed E-state index contributed by atoms with van der Waals surface area (Å²) in [5.41, 5.74) is 3.06. The standard InChI is InChI=1S/C31H39N3O5S/c1-7-24(4)32-31(36)25(5)33(20-26-11-9-8-10-23(26)3)30(35)21-34(27-14-16-28(39-6)17-15-27)40(37,38)29-18-12-22(2)13-19-29/h8-19,24-25H,7,20-21H2,1-6H3,(H,32,36)/t24-,25+/m0/s1. The van der Waals surface area contributed by atoms with Crippen LogP contribution in [0.1, 0.15) is 43.9 Å². The molecule has 0 saturated carbocycles. The maximum Gasteiger partial charge on any atom is 0.264 e. The number of amides is 2. The summed E-state index contributed by atoms with van der Waals surface area (Å²) in [6.07, 6.45) is 0.740. The zero-order valence-electron chi connectivity index (χ0n) is 24.0. The molecule has 0 aliphatic heterocycles. The highest BCUT2D eigenvalue weighted by Gasteiger charge is 2.33. The summed E-state index contributed by atoms with van der Waals surface area (Å²) in [5, 5.41) is 2.95. The minimum atomic E-state index is -4.12. The van der Waals surface area contributed by atoms with Gasteiger partial charge in [0.1, 0.15) is 18.3 Å². The Morgan fingerprint density at radius 1 is 0.925 bits per heavy atom. The smallest absolute Gasteiger partial charge is 0.264 e. The number of nitrogens with zero attached hydrogens (tertiary/aromatic N) is 2. The third kappa shape index (κ3) is 7.41. The topological polar surface area (TPSA) is 96.0 Å². The van der Waals surface area contributed by atoms with Crippen LogP contribution < -0.4 is 14.4 Å². The van der Waals surface area contributed by atoms with E-state index in [4.69, 9.17) is 4.74 Å². The molecule has 3 aromatic rings. The van der Waals surface area contributed by atoms with Gasteiger partial charge < -0.3 is 15.0 Å². The first-order chi connectivity index (χ1) is 19.0. The van der Waals surface area contributed by atoms with Crippen molar-refractivity contribution in [2.45, 2.75) is 64.6 Å². The molecular formula is C31H39N3O5S. The molecule has 8 nitrogen and oxygen atoms in total. The van der Waals surface area contributed by atoms with Crippen molar-refractivity contribution in [3.05, 3.63) is 89.5 Å². The Kier molecular flexibility index (Phi) is 10.3. The Hall–Kier alpha value is -3.85. The fraction of sp³-hybridized carbons (Fsp3) is 0.355. The molecule has 0 saturated heterocycles. The normalized spacial score (nSPS) is 12.8. The first-order valence-corrected chi connectivity index (χ1v) is 14.8. The third-order valence-electron chi connectivity index (χ3n) is 7.02. The van der Waals surface area contributed by atoms with E-state index in [-0.39, 0.29) is 23.4 Å². The highest BCUT2D eigenvalue weighted by molar-refractivity contribution is 7.92. The number of sulfonamides is 1. The Morgan fingerprint density at radius 2 is 1.55 bits per heavy atom. The van der Waals surface area contributed by atoms with E-state index in [0.29, 0.717) is 11.4 Å². The summed E-state index contributed by atoms with van der Waals surface area (Å²) in [6, 6.07) is 19.7. The summed E-state index contributed by atoms with van der Waals surface area (Å²) in [7, 11) is -2.60. The number of carbonyl (C=O) groups is 2. The quantitative estimate of drug-likeness (QED) is 0.339. The number of benzene rings is 3. The molecule has 40 heavy (non-hydrogen) atoms. The van der Waals surface area contributed by atoms with Gasteiger partial charge in [-0.2, -0.15) is 0 Å². The Morgan fingerprint density at radius 3 is 2.12 bits per heavy atom. The van der Waals surface area contributed by atoms with E-state index in [1.807, 2.05) is 52.0 Å². The van der Waals surface area contributed by atoms with Gasteiger partial charge in [0, 0.05) is 12.6 Å². The van der Waals surface area contributed by atoms with Crippen molar-refractivity contribution in [3.63, 3.8) is 0 Å². The van der Waals surface area contributed by atoms with Gasteiger partial charge in [-0.15, -0.1) is 0 Å². The van der Waals surface area contributed by atoms with Crippen molar-refractivity contribution in [1.29, 1.82) is 0 Å². The van der Waals surface area contributed by atoms with Gasteiger partial charge in [-0.1, -0.05) is 48.9 Å². The number of hydrogen-bond donors (Lipinski definition) is 1. The fourth-order valence-electron chi connectivity index (χ4n) is 4.13. The molecule has 0 spiro atoms. The van der Waals surface area contributed by atoms with Crippen LogP contribution in [0.15, 0.2) is 77.7 Å². The van der Waals surface area contributed by atoms with Crippen LogP contribution in [0, 0.1) is 13.8 Å². The van der Waals surface area contributed by atoms with Crippen molar-refractivity contribution in [3.8, 4) is 5.75 Å². The monoisotopic (exact) mass is 565 g/mol. The van der Waals surface area contributed by atoms with Crippen LogP contribution in [0.4, 0.5) is 5.69 Å². The van der Waals surface area contributed by atoms with Crippen molar-refractivity contribution in [2.24, 2.45) is 0 Å². The molecule has 3 rings (SSSR count). The molecular weight excluding hydrogens is 526 g/mol. The molecule has 1 N–H and O–H groups in total. The van der Waals surface area contributed by atoms with Gasteiger partial charge in [0.05, 0.1) is 17.7 Å². The van der Waals surface area contributed by atoms with E-state index in [1.54, 1.807) is 43.3 Å². The molecule has 0 aliphatic carbocycles. The van der Waals surface area contributed by atoms with Crippen LogP contribution in [0.25, 0.3) is 0 Å². The Labute approximate surface area is 238 Å². The molecule has 2 atom stereocenters. The maximum atomic E-state index is 14.0. The largest absolute Gasteiger partial charge is 0.497 e. The molecule has 3 aromatic carbocycles. The molecule has 0 fully saturated rings. The van der Waals surface area contributed by atoms with Gasteiger partial charge in [0.25, 0.3) is 10.0 Å². The van der Waals surface area contributed by atoms with Crippen molar-refractivity contribution < 1.29 is 22.7 Å². The van der Waals surface area contributed by atoms with Gasteiger partial charge in [-0.3, -0.25) is 13.9 Å². The van der Waals surface area contributed by atoms with E-state index in [9.17, 15) is 18.0 Å². The second-order valence-corrected chi connectivity index (χ2v) is 11.8. The lowest BCUT2D eigenvalue weighted by atomic mass is 10.1. The highest BCUT2D eigenvalue weighted by Crippen LogP contribution is 2.27. The minimum Gasteiger partial charge on any atom is -0.497 e. The fourth-order valence-corrected chi connectivity index (χ4v) is 5.55. The van der Waals surface area contributed by atoms with Gasteiger partial charge in [0.2, 0.25) is 11.8 Å². The predicted octanol–water partition coefficient (Wildman–Crippen LogP) is 4.84. The zero-order valence-corrected chi connectivity index (χ0v) is 24.9. The van der Waals surface area contributed by atoms with E-state index in [2.05, 4.69) is 5.32 Å². The van der Waals surface area contributed by atoms with Crippen molar-refractivity contribution >= 4 is 27.5 Å². The molecule has 0 heterocycles. The molecule has 0 radical (unpaired) electrons. The summed E-state index contributed by atoms with van der Waals surface area (Å²) in [4.78, 5) is 28.7. The molecule has 9 heteroatoms. The van der Waals surface area contributed by atoms with E-state index in [0.717, 1.165) is 27.4 Å². The number of rotatable bonds is 12. The predicted molar refractivity (Wildman–Crippen MR) is 158 cm³/mol. The van der Waals surface area contributed by atoms with Crippen LogP contribution in [0.5, 0.6) is 5.75 Å². The minimum absolute atomic E-state index is 0.0646. The average molecular weight is 566 g/mol. The van der Waals surface area contributed by atoms with Crippen LogP contribution in [0.2, 0.25) is 0 Å². The van der Waals surface area contributed by atoms with E-state index >= 15 is 0 Å². The number of ether oxygens (including phenoxy) is 1. The van der Waals surface area contributed by atoms with Crippen LogP contribution in [-0.4, -0.2) is 50.9 Å². The molecule has 0 aliphatic rings. The van der Waals surface area contributed by atoms with Crippen LogP contribution in [0.3, 0.4) is 0 Å². The molecule has 0 unspecified atom stereocenters. The van der Waals surface area contributed by atoms with Gasteiger partial charge in [0.15, 0.2) is 0 Å². The van der Waals surface area contributed by atoms with Gasteiger partial charge in [-0.05, 0) is 81.6 Å². The number of aryl methyl sites for hydroxylation is 2.